The Morgan fingerprint density at radius 2 is 1.69 bits per heavy atom. The Hall–Kier alpha value is -4.21. The van der Waals surface area contributed by atoms with Crippen molar-refractivity contribution < 1.29 is 23.2 Å². The topological polar surface area (TPSA) is 91.7 Å². The number of imidazole rings is 1. The number of aryl methyl sites for hydroxylation is 1. The van der Waals surface area contributed by atoms with Crippen molar-refractivity contribution in [2.75, 3.05) is 31.7 Å². The molecule has 0 unspecified atom stereocenters. The minimum absolute atomic E-state index is 0.277. The number of aromatic nitrogens is 2. The zero-order valence-electron chi connectivity index (χ0n) is 26.4. The molecule has 1 amide bonds. The second-order valence-corrected chi connectivity index (χ2v) is 11.9. The Labute approximate surface area is 268 Å². The minimum Gasteiger partial charge on any atom is -0.493 e. The molecule has 0 aliphatic carbocycles. The average Bonchev–Trinajstić information content (AvgIpc) is 3.49. The van der Waals surface area contributed by atoms with Crippen LogP contribution < -0.4 is 14.8 Å². The Bertz CT molecular complexity index is 1550. The van der Waals surface area contributed by atoms with Gasteiger partial charge < -0.3 is 24.1 Å². The molecule has 0 aliphatic heterocycles. The molecule has 4 aromatic rings. The molecule has 0 radical (unpaired) electrons. The summed E-state index contributed by atoms with van der Waals surface area (Å²) in [5, 5.41) is 2.88. The maximum absolute atomic E-state index is 12.9. The van der Waals surface area contributed by atoms with Gasteiger partial charge in [-0.3, -0.25) is 9.00 Å². The van der Waals surface area contributed by atoms with Crippen molar-refractivity contribution in [3.8, 4) is 22.6 Å². The van der Waals surface area contributed by atoms with Gasteiger partial charge in [-0.2, -0.15) is 0 Å². The number of hydrogen-bond donors (Lipinski definition) is 1. The van der Waals surface area contributed by atoms with Crippen LogP contribution in [0.1, 0.15) is 51.3 Å². The second kappa shape index (κ2) is 17.9. The highest BCUT2D eigenvalue weighted by Crippen LogP contribution is 2.29. The van der Waals surface area contributed by atoms with Crippen molar-refractivity contribution in [2.24, 2.45) is 0 Å². The molecule has 8 nitrogen and oxygen atoms in total. The van der Waals surface area contributed by atoms with E-state index in [9.17, 15) is 9.00 Å². The van der Waals surface area contributed by atoms with Gasteiger partial charge in [0.1, 0.15) is 18.1 Å². The van der Waals surface area contributed by atoms with Gasteiger partial charge >= 0.3 is 0 Å². The van der Waals surface area contributed by atoms with Crippen molar-refractivity contribution in [3.63, 3.8) is 0 Å². The predicted octanol–water partition coefficient (Wildman–Crippen LogP) is 7.51. The number of nitrogens with zero attached hydrogens (tertiary/aromatic N) is 2. The van der Waals surface area contributed by atoms with Crippen LogP contribution in [0.25, 0.3) is 17.2 Å². The zero-order chi connectivity index (χ0) is 31.9. The SMILES string of the molecule is CCCCOCCOc1ccc(-c2ccc(OCC)c(/C=C/C(=O)Nc3ccc([S@@](=O)Cc4cncn4CCC)cc3)c2)cc1. The number of carbonyl (C=O) groups is 1. The second-order valence-electron chi connectivity index (χ2n) is 10.4. The number of anilines is 1. The maximum atomic E-state index is 12.9. The first kappa shape index (κ1) is 33.7. The van der Waals surface area contributed by atoms with Gasteiger partial charge in [-0.1, -0.05) is 38.5 Å². The lowest BCUT2D eigenvalue weighted by Crippen LogP contribution is -2.08. The summed E-state index contributed by atoms with van der Waals surface area (Å²) in [5.74, 6) is 1.60. The van der Waals surface area contributed by atoms with E-state index in [4.69, 9.17) is 14.2 Å². The van der Waals surface area contributed by atoms with E-state index in [-0.39, 0.29) is 5.91 Å². The largest absolute Gasteiger partial charge is 0.493 e. The highest BCUT2D eigenvalue weighted by molar-refractivity contribution is 7.84. The Kier molecular flexibility index (Phi) is 13.4. The smallest absolute Gasteiger partial charge is 0.248 e. The number of hydrogen-bond acceptors (Lipinski definition) is 6. The van der Waals surface area contributed by atoms with Crippen molar-refractivity contribution in [1.82, 2.24) is 9.55 Å². The third kappa shape index (κ3) is 10.4. The van der Waals surface area contributed by atoms with Gasteiger partial charge in [0.25, 0.3) is 0 Å². The molecule has 0 spiro atoms. The molecule has 3 aromatic carbocycles. The quantitative estimate of drug-likeness (QED) is 0.0905. The average molecular weight is 630 g/mol. The van der Waals surface area contributed by atoms with E-state index in [1.54, 1.807) is 42.9 Å². The van der Waals surface area contributed by atoms with Crippen LogP contribution in [0.3, 0.4) is 0 Å². The Morgan fingerprint density at radius 1 is 0.911 bits per heavy atom. The van der Waals surface area contributed by atoms with E-state index in [1.165, 1.54) is 6.08 Å². The van der Waals surface area contributed by atoms with Crippen LogP contribution in [0.4, 0.5) is 5.69 Å². The Balaban J connectivity index is 1.36. The minimum atomic E-state index is -1.22. The molecule has 1 atom stereocenters. The number of rotatable bonds is 18. The molecule has 0 saturated carbocycles. The molecule has 1 heterocycles. The van der Waals surface area contributed by atoms with Gasteiger partial charge in [-0.15, -0.1) is 0 Å². The van der Waals surface area contributed by atoms with Crippen molar-refractivity contribution in [3.05, 3.63) is 96.6 Å². The molecule has 0 aliphatic rings. The molecule has 45 heavy (non-hydrogen) atoms. The van der Waals surface area contributed by atoms with E-state index in [0.717, 1.165) is 60.5 Å². The van der Waals surface area contributed by atoms with Crippen LogP contribution in [0, 0.1) is 0 Å². The van der Waals surface area contributed by atoms with Gasteiger partial charge in [0.2, 0.25) is 5.91 Å². The van der Waals surface area contributed by atoms with Crippen LogP contribution in [0.15, 0.2) is 90.2 Å². The normalized spacial score (nSPS) is 11.9. The fraction of sp³-hybridized carbons (Fsp3) is 0.333. The first-order valence-electron chi connectivity index (χ1n) is 15.5. The molecule has 9 heteroatoms. The monoisotopic (exact) mass is 629 g/mol. The number of benzene rings is 3. The summed E-state index contributed by atoms with van der Waals surface area (Å²) in [4.78, 5) is 17.7. The third-order valence-corrected chi connectivity index (χ3v) is 8.33. The summed E-state index contributed by atoms with van der Waals surface area (Å²) in [5.41, 5.74) is 4.38. The molecule has 238 valence electrons. The summed E-state index contributed by atoms with van der Waals surface area (Å²) in [6.45, 7) is 9.37. The lowest BCUT2D eigenvalue weighted by Gasteiger charge is -2.11. The van der Waals surface area contributed by atoms with Crippen LogP contribution in [0.2, 0.25) is 0 Å². The molecular weight excluding hydrogens is 586 g/mol. The molecule has 0 saturated heterocycles. The van der Waals surface area contributed by atoms with Crippen LogP contribution in [-0.2, 0) is 32.6 Å². The summed E-state index contributed by atoms with van der Waals surface area (Å²) < 4.78 is 32.1. The first-order valence-corrected chi connectivity index (χ1v) is 16.9. The van der Waals surface area contributed by atoms with E-state index >= 15 is 0 Å². The molecule has 1 N–H and O–H groups in total. The fourth-order valence-corrected chi connectivity index (χ4v) is 5.74. The summed E-state index contributed by atoms with van der Waals surface area (Å²) in [6.07, 6.45) is 9.94. The van der Waals surface area contributed by atoms with E-state index in [0.29, 0.717) is 41.9 Å². The van der Waals surface area contributed by atoms with E-state index < -0.39 is 10.8 Å². The maximum Gasteiger partial charge on any atom is 0.248 e. The van der Waals surface area contributed by atoms with Crippen molar-refractivity contribution in [2.45, 2.75) is 57.2 Å². The summed E-state index contributed by atoms with van der Waals surface area (Å²) in [7, 11) is -1.22. The van der Waals surface area contributed by atoms with Gasteiger partial charge in [0.05, 0.1) is 41.8 Å². The predicted molar refractivity (Wildman–Crippen MR) is 181 cm³/mol. The van der Waals surface area contributed by atoms with Gasteiger partial charge in [-0.05, 0) is 85.5 Å². The van der Waals surface area contributed by atoms with Crippen molar-refractivity contribution >= 4 is 28.5 Å². The lowest BCUT2D eigenvalue weighted by molar-refractivity contribution is -0.111. The number of unbranched alkanes of at least 4 members (excludes halogenated alkanes) is 1. The molecule has 1 aromatic heterocycles. The highest BCUT2D eigenvalue weighted by atomic mass is 32.2. The number of nitrogens with one attached hydrogen (secondary N) is 1. The lowest BCUT2D eigenvalue weighted by atomic mass is 10.0. The molecule has 0 fully saturated rings. The number of amides is 1. The third-order valence-electron chi connectivity index (χ3n) is 6.98. The zero-order valence-corrected chi connectivity index (χ0v) is 27.2. The summed E-state index contributed by atoms with van der Waals surface area (Å²) >= 11 is 0. The highest BCUT2D eigenvalue weighted by Gasteiger charge is 2.10. The van der Waals surface area contributed by atoms with Gasteiger partial charge in [-0.25, -0.2) is 4.98 Å². The van der Waals surface area contributed by atoms with Crippen molar-refractivity contribution in [1.29, 1.82) is 0 Å². The molecular formula is C36H43N3O5S. The number of carbonyl (C=O) groups excluding carboxylic acids is 1. The van der Waals surface area contributed by atoms with Gasteiger partial charge in [0, 0.05) is 41.6 Å². The molecule has 0 bridgehead atoms. The van der Waals surface area contributed by atoms with E-state index in [1.807, 2.05) is 54.0 Å². The van der Waals surface area contributed by atoms with Gasteiger partial charge in [0.15, 0.2) is 0 Å². The fourth-order valence-electron chi connectivity index (χ4n) is 4.62. The number of ether oxygens (including phenoxy) is 3. The van der Waals surface area contributed by atoms with E-state index in [2.05, 4.69) is 24.1 Å². The van der Waals surface area contributed by atoms with Crippen LogP contribution in [0.5, 0.6) is 11.5 Å². The first-order chi connectivity index (χ1) is 22.0. The Morgan fingerprint density at radius 3 is 2.42 bits per heavy atom. The van der Waals surface area contributed by atoms with Crippen LogP contribution in [-0.4, -0.2) is 46.1 Å². The standard InChI is InChI=1S/C36H43N3O5S/c1-4-7-21-42-22-23-44-33-14-8-28(9-15-33)29-10-18-35(43-6-3)30(24-29)11-19-36(40)38-31-12-16-34(17-13-31)45(41)26-32-25-37-27-39(32)20-5-2/h8-19,24-25,27H,4-7,20-23,26H2,1-3H3,(H,38,40)/b19-11+/t45-/m0/s1. The van der Waals surface area contributed by atoms with Crippen LogP contribution >= 0.6 is 0 Å². The molecule has 4 rings (SSSR count). The summed E-state index contributed by atoms with van der Waals surface area (Å²) in [6, 6.07) is 20.9.